The molecule has 1 rings (SSSR count). The largest absolute Gasteiger partial charge is 0.481 e. The number of carboxylic acids is 1. The number of thiocarbonyl (C=S) groups is 1. The first-order valence-electron chi connectivity index (χ1n) is 3.82. The van der Waals surface area contributed by atoms with Crippen LogP contribution in [0.25, 0.3) is 0 Å². The summed E-state index contributed by atoms with van der Waals surface area (Å²) in [5.74, 6) is -1.01. The zero-order valence-corrected chi connectivity index (χ0v) is 8.27. The number of hydrogen-bond donors (Lipinski definition) is 2. The fourth-order valence-corrected chi connectivity index (χ4v) is 1.70. The molecule has 0 radical (unpaired) electrons. The summed E-state index contributed by atoms with van der Waals surface area (Å²) < 4.78 is 0.501. The van der Waals surface area contributed by atoms with E-state index in [0.29, 0.717) is 10.9 Å². The summed E-state index contributed by atoms with van der Waals surface area (Å²) in [6.07, 6.45) is 1.64. The quantitative estimate of drug-likeness (QED) is 0.495. The van der Waals surface area contributed by atoms with Crippen molar-refractivity contribution in [3.05, 3.63) is 0 Å². The summed E-state index contributed by atoms with van der Waals surface area (Å²) in [7, 11) is 0. The summed E-state index contributed by atoms with van der Waals surface area (Å²) >= 11 is 8.87. The molecule has 0 bridgehead atoms. The van der Waals surface area contributed by atoms with Crippen LogP contribution in [0.3, 0.4) is 0 Å². The van der Waals surface area contributed by atoms with Gasteiger partial charge < -0.3 is 10.0 Å². The Morgan fingerprint density at radius 2 is 2.33 bits per heavy atom. The van der Waals surface area contributed by atoms with Crippen LogP contribution in [0.4, 0.5) is 0 Å². The fraction of sp³-hybridized carbons (Fsp3) is 0.714. The maximum atomic E-state index is 10.6. The molecule has 0 spiro atoms. The van der Waals surface area contributed by atoms with Gasteiger partial charge in [0.15, 0.2) is 0 Å². The van der Waals surface area contributed by atoms with Gasteiger partial charge in [0.2, 0.25) is 0 Å². The molecule has 1 fully saturated rings. The number of likely N-dealkylation sites (tertiary alicyclic amines) is 1. The van der Waals surface area contributed by atoms with Gasteiger partial charge in [0.1, 0.15) is 4.32 Å². The molecule has 1 N–H and O–H groups in total. The highest BCUT2D eigenvalue weighted by Crippen LogP contribution is 2.17. The summed E-state index contributed by atoms with van der Waals surface area (Å²) in [5, 5.41) is 8.74. The molecule has 1 heterocycles. The van der Waals surface area contributed by atoms with Crippen molar-refractivity contribution in [2.45, 2.75) is 12.8 Å². The predicted octanol–water partition coefficient (Wildman–Crippen LogP) is 0.998. The number of aliphatic carboxylic acids is 1. The Bertz CT molecular complexity index is 188. The molecule has 0 aromatic heterocycles. The Labute approximate surface area is 82.2 Å². The topological polar surface area (TPSA) is 40.5 Å². The van der Waals surface area contributed by atoms with Crippen LogP contribution >= 0.6 is 24.8 Å². The zero-order valence-electron chi connectivity index (χ0n) is 6.56. The summed E-state index contributed by atoms with van der Waals surface area (Å²) in [6.45, 7) is 1.35. The van der Waals surface area contributed by atoms with E-state index in [0.717, 1.165) is 19.4 Å². The molecule has 1 aliphatic rings. The third-order valence-electron chi connectivity index (χ3n) is 2.04. The summed E-state index contributed by atoms with van der Waals surface area (Å²) in [4.78, 5) is 12.5. The van der Waals surface area contributed by atoms with Crippen LogP contribution in [0.2, 0.25) is 0 Å². The van der Waals surface area contributed by atoms with Crippen LogP contribution < -0.4 is 0 Å². The van der Waals surface area contributed by atoms with Crippen molar-refractivity contribution >= 4 is 35.1 Å². The van der Waals surface area contributed by atoms with E-state index >= 15 is 0 Å². The van der Waals surface area contributed by atoms with E-state index in [9.17, 15) is 4.79 Å². The molecule has 0 amide bonds. The molecule has 12 heavy (non-hydrogen) atoms. The van der Waals surface area contributed by atoms with Crippen LogP contribution in [0.5, 0.6) is 0 Å². The number of piperidine rings is 1. The third-order valence-corrected chi connectivity index (χ3v) is 2.58. The lowest BCUT2D eigenvalue weighted by atomic mass is 9.99. The predicted molar refractivity (Wildman–Crippen MR) is 53.5 cm³/mol. The highest BCUT2D eigenvalue weighted by atomic mass is 32.1. The molecule has 0 unspecified atom stereocenters. The van der Waals surface area contributed by atoms with Crippen molar-refractivity contribution in [2.75, 3.05) is 13.1 Å². The lowest BCUT2D eigenvalue weighted by Gasteiger charge is -2.30. The Hall–Kier alpha value is -0.290. The molecule has 1 aliphatic heterocycles. The second-order valence-electron chi connectivity index (χ2n) is 2.91. The molecule has 1 saturated heterocycles. The smallest absolute Gasteiger partial charge is 0.308 e. The van der Waals surface area contributed by atoms with Gasteiger partial charge in [-0.15, -0.1) is 12.6 Å². The minimum atomic E-state index is -0.732. The number of nitrogens with zero attached hydrogens (tertiary/aromatic N) is 1. The Kier molecular flexibility index (Phi) is 3.34. The monoisotopic (exact) mass is 205 g/mol. The average molecular weight is 205 g/mol. The molecule has 0 aliphatic carbocycles. The van der Waals surface area contributed by atoms with Gasteiger partial charge in [0, 0.05) is 13.1 Å². The standard InChI is InChI=1S/C7H11NO2S2/c9-6(10)5-2-1-3-8(4-5)7(11)12/h5H,1-4H2,(H,9,10)(H,11,12)/t5-/m1/s1. The number of carboxylic acid groups (broad SMARTS) is 1. The van der Waals surface area contributed by atoms with Gasteiger partial charge in [-0.05, 0) is 12.8 Å². The number of carbonyl (C=O) groups is 1. The van der Waals surface area contributed by atoms with Crippen molar-refractivity contribution in [2.24, 2.45) is 5.92 Å². The Balaban J connectivity index is 2.51. The molecule has 1 atom stereocenters. The fourth-order valence-electron chi connectivity index (χ4n) is 1.35. The number of rotatable bonds is 1. The molecule has 5 heteroatoms. The Morgan fingerprint density at radius 1 is 1.67 bits per heavy atom. The number of hydrogen-bond acceptors (Lipinski definition) is 2. The van der Waals surface area contributed by atoms with E-state index in [-0.39, 0.29) is 5.92 Å². The van der Waals surface area contributed by atoms with E-state index in [1.165, 1.54) is 0 Å². The maximum absolute atomic E-state index is 10.6. The van der Waals surface area contributed by atoms with Crippen molar-refractivity contribution < 1.29 is 9.90 Å². The van der Waals surface area contributed by atoms with E-state index in [4.69, 9.17) is 17.3 Å². The highest BCUT2D eigenvalue weighted by Gasteiger charge is 2.25. The van der Waals surface area contributed by atoms with Gasteiger partial charge in [-0.3, -0.25) is 4.79 Å². The SMILES string of the molecule is O=C(O)[C@@H]1CCCN(C(=S)S)C1. The second kappa shape index (κ2) is 4.09. The zero-order chi connectivity index (χ0) is 9.14. The van der Waals surface area contributed by atoms with Gasteiger partial charge in [0.25, 0.3) is 0 Å². The molecule has 3 nitrogen and oxygen atoms in total. The summed E-state index contributed by atoms with van der Waals surface area (Å²) in [6, 6.07) is 0. The average Bonchev–Trinajstić information content (AvgIpc) is 2.04. The molecule has 0 aromatic carbocycles. The minimum absolute atomic E-state index is 0.274. The Morgan fingerprint density at radius 3 is 2.83 bits per heavy atom. The van der Waals surface area contributed by atoms with Gasteiger partial charge in [-0.1, -0.05) is 12.2 Å². The highest BCUT2D eigenvalue weighted by molar-refractivity contribution is 8.10. The van der Waals surface area contributed by atoms with E-state index in [1.807, 2.05) is 4.90 Å². The normalized spacial score (nSPS) is 23.8. The van der Waals surface area contributed by atoms with Crippen molar-refractivity contribution in [3.8, 4) is 0 Å². The van der Waals surface area contributed by atoms with E-state index in [1.54, 1.807) is 0 Å². The van der Waals surface area contributed by atoms with Crippen LogP contribution in [0, 0.1) is 5.92 Å². The van der Waals surface area contributed by atoms with Crippen LogP contribution in [-0.4, -0.2) is 33.4 Å². The molecule has 0 aromatic rings. The summed E-state index contributed by atoms with van der Waals surface area (Å²) in [5.41, 5.74) is 0. The van der Waals surface area contributed by atoms with Gasteiger partial charge in [-0.2, -0.15) is 0 Å². The van der Waals surface area contributed by atoms with E-state index in [2.05, 4.69) is 12.6 Å². The first-order chi connectivity index (χ1) is 5.61. The van der Waals surface area contributed by atoms with Gasteiger partial charge in [0.05, 0.1) is 5.92 Å². The van der Waals surface area contributed by atoms with Crippen molar-refractivity contribution in [1.29, 1.82) is 0 Å². The third kappa shape index (κ3) is 2.35. The van der Waals surface area contributed by atoms with Gasteiger partial charge in [-0.25, -0.2) is 0 Å². The molecular formula is C7H11NO2S2. The maximum Gasteiger partial charge on any atom is 0.308 e. The molecule has 68 valence electrons. The lowest BCUT2D eigenvalue weighted by Crippen LogP contribution is -2.39. The molecular weight excluding hydrogens is 194 g/mol. The number of thiol groups is 1. The molecule has 0 saturated carbocycles. The van der Waals surface area contributed by atoms with Crippen LogP contribution in [0.1, 0.15) is 12.8 Å². The lowest BCUT2D eigenvalue weighted by molar-refractivity contribution is -0.143. The minimum Gasteiger partial charge on any atom is -0.481 e. The van der Waals surface area contributed by atoms with Gasteiger partial charge >= 0.3 is 5.97 Å². The van der Waals surface area contributed by atoms with Crippen molar-refractivity contribution in [3.63, 3.8) is 0 Å². The first-order valence-corrected chi connectivity index (χ1v) is 4.67. The van der Waals surface area contributed by atoms with Crippen molar-refractivity contribution in [1.82, 2.24) is 4.90 Å². The van der Waals surface area contributed by atoms with Crippen LogP contribution in [0.15, 0.2) is 0 Å². The van der Waals surface area contributed by atoms with E-state index < -0.39 is 5.97 Å². The second-order valence-corrected chi connectivity index (χ2v) is 4.02. The van der Waals surface area contributed by atoms with Crippen LogP contribution in [-0.2, 0) is 4.79 Å². The first kappa shape index (κ1) is 9.80.